The lowest BCUT2D eigenvalue weighted by molar-refractivity contribution is -0.141. The van der Waals surface area contributed by atoms with E-state index in [1.807, 2.05) is 12.1 Å². The summed E-state index contributed by atoms with van der Waals surface area (Å²) in [5.74, 6) is -0.618. The average Bonchev–Trinajstić information content (AvgIpc) is 2.65. The molecule has 26 heavy (non-hydrogen) atoms. The monoisotopic (exact) mass is 377 g/mol. The summed E-state index contributed by atoms with van der Waals surface area (Å²) in [6.45, 7) is 1.76. The summed E-state index contributed by atoms with van der Waals surface area (Å²) in [6.07, 6.45) is 0. The van der Waals surface area contributed by atoms with Crippen molar-refractivity contribution < 1.29 is 24.2 Å². The summed E-state index contributed by atoms with van der Waals surface area (Å²) in [5.41, 5.74) is 1.25. The van der Waals surface area contributed by atoms with Crippen molar-refractivity contribution in [2.75, 3.05) is 14.2 Å². The molecule has 0 spiro atoms. The van der Waals surface area contributed by atoms with E-state index in [-0.39, 0.29) is 0 Å². The Kier molecular flexibility index (Phi) is 6.46. The molecule has 0 aliphatic heterocycles. The molecule has 0 radical (unpaired) electrons. The average molecular weight is 378 g/mol. The first kappa shape index (κ1) is 19.6. The van der Waals surface area contributed by atoms with Gasteiger partial charge in [0.2, 0.25) is 0 Å². The number of rotatable bonds is 7. The molecule has 1 N–H and O–H groups in total. The molecular formula is C19H20ClNO5. The number of aliphatic carboxylic acids is 1. The van der Waals surface area contributed by atoms with Crippen molar-refractivity contribution in [2.45, 2.75) is 19.6 Å². The smallest absolute Gasteiger partial charge is 0.326 e. The lowest BCUT2D eigenvalue weighted by Crippen LogP contribution is -2.40. The number of ether oxygens (including phenoxy) is 2. The highest BCUT2D eigenvalue weighted by molar-refractivity contribution is 6.30. The third-order valence-electron chi connectivity index (χ3n) is 3.98. The minimum Gasteiger partial charge on any atom is -0.493 e. The van der Waals surface area contributed by atoms with Crippen LogP contribution in [0.1, 0.15) is 22.8 Å². The number of hydrogen-bond donors (Lipinski definition) is 1. The molecule has 0 heterocycles. The predicted octanol–water partition coefficient (Wildman–Crippen LogP) is 3.47. The molecule has 1 amide bonds. The fourth-order valence-electron chi connectivity index (χ4n) is 2.21. The highest BCUT2D eigenvalue weighted by Gasteiger charge is 2.23. The number of amides is 1. The molecule has 0 aliphatic carbocycles. The lowest BCUT2D eigenvalue weighted by atomic mass is 10.1. The van der Waals surface area contributed by atoms with Crippen LogP contribution in [0, 0.1) is 0 Å². The Bertz CT molecular complexity index is 791. The van der Waals surface area contributed by atoms with Gasteiger partial charge in [0.1, 0.15) is 12.6 Å². The zero-order valence-corrected chi connectivity index (χ0v) is 15.5. The first-order valence-electron chi connectivity index (χ1n) is 7.88. The molecule has 1 unspecified atom stereocenters. The summed E-state index contributed by atoms with van der Waals surface area (Å²) in [7, 11) is 2.92. The maximum absolute atomic E-state index is 12.4. The summed E-state index contributed by atoms with van der Waals surface area (Å²) < 4.78 is 11.0. The van der Waals surface area contributed by atoms with Gasteiger partial charge in [-0.1, -0.05) is 23.7 Å². The van der Waals surface area contributed by atoms with Crippen LogP contribution in [0.4, 0.5) is 0 Å². The van der Waals surface area contributed by atoms with Gasteiger partial charge < -0.3 is 19.5 Å². The Morgan fingerprint density at radius 2 is 1.81 bits per heavy atom. The molecule has 1 atom stereocenters. The van der Waals surface area contributed by atoms with Crippen molar-refractivity contribution in [1.29, 1.82) is 0 Å². The van der Waals surface area contributed by atoms with Crippen LogP contribution in [0.25, 0.3) is 0 Å². The van der Waals surface area contributed by atoms with E-state index in [9.17, 15) is 9.59 Å². The Labute approximate surface area is 156 Å². The summed E-state index contributed by atoms with van der Waals surface area (Å²) >= 11 is 5.86. The Balaban J connectivity index is 2.14. The minimum absolute atomic E-state index is 0.316. The van der Waals surface area contributed by atoms with Gasteiger partial charge in [-0.05, 0) is 42.8 Å². The largest absolute Gasteiger partial charge is 0.493 e. The Morgan fingerprint density at radius 1 is 1.15 bits per heavy atom. The second-order valence-electron chi connectivity index (χ2n) is 5.71. The molecular weight excluding hydrogens is 358 g/mol. The highest BCUT2D eigenvalue weighted by Crippen LogP contribution is 2.29. The van der Waals surface area contributed by atoms with Gasteiger partial charge in [0.15, 0.2) is 11.5 Å². The molecule has 0 saturated heterocycles. The second-order valence-corrected chi connectivity index (χ2v) is 6.15. The normalized spacial score (nSPS) is 11.5. The van der Waals surface area contributed by atoms with E-state index in [1.165, 1.54) is 27.1 Å². The molecule has 6 nitrogen and oxygen atoms in total. The van der Waals surface area contributed by atoms with Gasteiger partial charge in [-0.15, -0.1) is 0 Å². The number of carbonyl (C=O) groups excluding carboxylic acids is 1. The van der Waals surface area contributed by atoms with Crippen LogP contribution in [0.15, 0.2) is 42.5 Å². The van der Waals surface area contributed by atoms with E-state index in [0.29, 0.717) is 28.7 Å². The van der Waals surface area contributed by atoms with E-state index in [4.69, 9.17) is 26.2 Å². The van der Waals surface area contributed by atoms with Gasteiger partial charge in [-0.2, -0.15) is 0 Å². The predicted molar refractivity (Wildman–Crippen MR) is 98.0 cm³/mol. The second kappa shape index (κ2) is 8.58. The Morgan fingerprint density at radius 3 is 2.38 bits per heavy atom. The van der Waals surface area contributed by atoms with E-state index >= 15 is 0 Å². The number of nitrogens with zero attached hydrogens (tertiary/aromatic N) is 1. The van der Waals surface area contributed by atoms with Gasteiger partial charge in [-0.3, -0.25) is 4.79 Å². The van der Waals surface area contributed by atoms with Crippen molar-refractivity contribution in [2.24, 2.45) is 0 Å². The first-order valence-corrected chi connectivity index (χ1v) is 8.26. The molecule has 0 aliphatic rings. The SMILES string of the molecule is COc1cc(C(=O)N(C)C(C)C(=O)O)ccc1OCc1ccc(Cl)cc1. The number of hydrogen-bond acceptors (Lipinski definition) is 4. The molecule has 0 saturated carbocycles. The standard InChI is InChI=1S/C19H20ClNO5/c1-12(19(23)24)21(2)18(22)14-6-9-16(17(10-14)25-3)26-11-13-4-7-15(20)8-5-13/h4-10,12H,11H2,1-3H3,(H,23,24). The Hall–Kier alpha value is -2.73. The highest BCUT2D eigenvalue weighted by atomic mass is 35.5. The van der Waals surface area contributed by atoms with Crippen LogP contribution in [-0.4, -0.2) is 42.1 Å². The van der Waals surface area contributed by atoms with Crippen molar-refractivity contribution in [3.8, 4) is 11.5 Å². The zero-order chi connectivity index (χ0) is 19.3. The molecule has 2 aromatic carbocycles. The van der Waals surface area contributed by atoms with E-state index in [1.54, 1.807) is 24.3 Å². The fraction of sp³-hybridized carbons (Fsp3) is 0.263. The molecule has 7 heteroatoms. The molecule has 138 valence electrons. The fourth-order valence-corrected chi connectivity index (χ4v) is 2.33. The molecule has 0 aromatic heterocycles. The van der Waals surface area contributed by atoms with Crippen molar-refractivity contribution in [1.82, 2.24) is 4.90 Å². The molecule has 0 fully saturated rings. The van der Waals surface area contributed by atoms with Crippen molar-refractivity contribution >= 4 is 23.5 Å². The van der Waals surface area contributed by atoms with Crippen LogP contribution < -0.4 is 9.47 Å². The van der Waals surface area contributed by atoms with Crippen LogP contribution in [0.2, 0.25) is 5.02 Å². The van der Waals surface area contributed by atoms with Crippen LogP contribution in [-0.2, 0) is 11.4 Å². The third kappa shape index (κ3) is 4.67. The van der Waals surface area contributed by atoms with Gasteiger partial charge in [0, 0.05) is 17.6 Å². The first-order chi connectivity index (χ1) is 12.3. The number of carbonyl (C=O) groups is 2. The van der Waals surface area contributed by atoms with Crippen molar-refractivity contribution in [3.05, 3.63) is 58.6 Å². The third-order valence-corrected chi connectivity index (χ3v) is 4.23. The van der Waals surface area contributed by atoms with E-state index in [0.717, 1.165) is 10.5 Å². The summed E-state index contributed by atoms with van der Waals surface area (Å²) in [4.78, 5) is 24.6. The number of carboxylic acids is 1. The maximum Gasteiger partial charge on any atom is 0.326 e. The van der Waals surface area contributed by atoms with Gasteiger partial charge in [0.05, 0.1) is 7.11 Å². The number of benzene rings is 2. The molecule has 0 bridgehead atoms. The van der Waals surface area contributed by atoms with Crippen LogP contribution >= 0.6 is 11.6 Å². The molecule has 2 rings (SSSR count). The van der Waals surface area contributed by atoms with E-state index in [2.05, 4.69) is 0 Å². The lowest BCUT2D eigenvalue weighted by Gasteiger charge is -2.22. The van der Waals surface area contributed by atoms with Gasteiger partial charge in [0.25, 0.3) is 5.91 Å². The zero-order valence-electron chi connectivity index (χ0n) is 14.7. The van der Waals surface area contributed by atoms with Crippen LogP contribution in [0.5, 0.6) is 11.5 Å². The number of halogens is 1. The van der Waals surface area contributed by atoms with Crippen molar-refractivity contribution in [3.63, 3.8) is 0 Å². The number of methoxy groups -OCH3 is 1. The maximum atomic E-state index is 12.4. The van der Waals surface area contributed by atoms with Gasteiger partial charge >= 0.3 is 5.97 Å². The quantitative estimate of drug-likeness (QED) is 0.799. The number of likely N-dealkylation sites (N-methyl/N-ethyl adjacent to an activating group) is 1. The van der Waals surface area contributed by atoms with E-state index < -0.39 is 17.9 Å². The summed E-state index contributed by atoms with van der Waals surface area (Å²) in [6, 6.07) is 11.1. The molecule has 2 aromatic rings. The topological polar surface area (TPSA) is 76.1 Å². The summed E-state index contributed by atoms with van der Waals surface area (Å²) in [5, 5.41) is 9.69. The minimum atomic E-state index is -1.07. The number of carboxylic acid groups (broad SMARTS) is 1. The van der Waals surface area contributed by atoms with Gasteiger partial charge in [-0.25, -0.2) is 4.79 Å². The van der Waals surface area contributed by atoms with Crippen LogP contribution in [0.3, 0.4) is 0 Å².